The van der Waals surface area contributed by atoms with Gasteiger partial charge >= 0.3 is 12.4 Å². The van der Waals surface area contributed by atoms with E-state index in [0.29, 0.717) is 12.1 Å². The Morgan fingerprint density at radius 3 is 2.00 bits per heavy atom. The van der Waals surface area contributed by atoms with Crippen LogP contribution in [0.3, 0.4) is 0 Å². The number of amides is 2. The van der Waals surface area contributed by atoms with Gasteiger partial charge in [0.25, 0.3) is 5.92 Å². The van der Waals surface area contributed by atoms with Crippen LogP contribution in [0.4, 0.5) is 35.1 Å². The van der Waals surface area contributed by atoms with Gasteiger partial charge in [0.1, 0.15) is 0 Å². The highest BCUT2D eigenvalue weighted by molar-refractivity contribution is 5.89. The van der Waals surface area contributed by atoms with Crippen molar-refractivity contribution < 1.29 is 44.7 Å². The minimum atomic E-state index is -5.01. The number of likely N-dealkylation sites (tertiary alicyclic amines) is 2. The molecule has 1 aromatic rings. The van der Waals surface area contributed by atoms with Crippen LogP contribution >= 0.6 is 0 Å². The summed E-state index contributed by atoms with van der Waals surface area (Å²) in [6, 6.07) is 1.13. The predicted octanol–water partition coefficient (Wildman–Crippen LogP) is 4.03. The Labute approximate surface area is 164 Å². The van der Waals surface area contributed by atoms with Gasteiger partial charge in [0.05, 0.1) is 24.2 Å². The van der Waals surface area contributed by atoms with Crippen LogP contribution in [-0.2, 0) is 21.9 Å². The average Bonchev–Trinajstić information content (AvgIpc) is 2.96. The van der Waals surface area contributed by atoms with Crippen molar-refractivity contribution in [1.82, 2.24) is 9.80 Å². The first-order valence-corrected chi connectivity index (χ1v) is 8.59. The second-order valence-electron chi connectivity index (χ2n) is 7.15. The van der Waals surface area contributed by atoms with Crippen LogP contribution in [0.15, 0.2) is 30.5 Å². The molecule has 0 spiro atoms. The molecule has 30 heavy (non-hydrogen) atoms. The summed E-state index contributed by atoms with van der Waals surface area (Å²) < 4.78 is 104. The Bertz CT molecular complexity index is 851. The number of hydrogen-bond donors (Lipinski definition) is 0. The van der Waals surface area contributed by atoms with Gasteiger partial charge in [-0.2, -0.15) is 26.3 Å². The molecule has 4 nitrogen and oxygen atoms in total. The standard InChI is InChI=1S/C18H14F8N2O2/c19-16(20)8-28(9-16)14(29)1-2-27-7-11(5-15(27)30)10-3-12(17(21,22)23)6-13(4-10)18(24,25)26/h1-4,6,11H,5,7-9H2/b2-1+. The Balaban J connectivity index is 1.77. The fraction of sp³-hybridized carbons (Fsp3) is 0.444. The highest BCUT2D eigenvalue weighted by Gasteiger charge is 2.45. The van der Waals surface area contributed by atoms with E-state index in [1.54, 1.807) is 0 Å². The average molecular weight is 442 g/mol. The van der Waals surface area contributed by atoms with E-state index < -0.39 is 60.2 Å². The monoisotopic (exact) mass is 442 g/mol. The lowest BCUT2D eigenvalue weighted by atomic mass is 9.94. The molecule has 2 aliphatic heterocycles. The number of benzene rings is 1. The molecule has 0 N–H and O–H groups in total. The summed E-state index contributed by atoms with van der Waals surface area (Å²) in [7, 11) is 0. The quantitative estimate of drug-likeness (QED) is 0.524. The first-order valence-electron chi connectivity index (χ1n) is 8.59. The Hall–Kier alpha value is -2.66. The Morgan fingerprint density at radius 1 is 1.00 bits per heavy atom. The molecule has 0 bridgehead atoms. The zero-order valence-corrected chi connectivity index (χ0v) is 15.0. The summed E-state index contributed by atoms with van der Waals surface area (Å²) in [5.41, 5.74) is -3.28. The zero-order valence-electron chi connectivity index (χ0n) is 15.0. The van der Waals surface area contributed by atoms with E-state index in [1.165, 1.54) is 0 Å². The maximum Gasteiger partial charge on any atom is 0.416 e. The molecular formula is C18H14F8N2O2. The molecule has 2 amide bonds. The first kappa shape index (κ1) is 22.0. The lowest BCUT2D eigenvalue weighted by Gasteiger charge is -2.38. The maximum atomic E-state index is 13.0. The summed E-state index contributed by atoms with van der Waals surface area (Å²) >= 11 is 0. The molecule has 1 unspecified atom stereocenters. The normalized spacial score (nSPS) is 22.0. The van der Waals surface area contributed by atoms with Gasteiger partial charge in [-0.05, 0) is 23.8 Å². The molecule has 2 fully saturated rings. The maximum absolute atomic E-state index is 13.0. The van der Waals surface area contributed by atoms with E-state index in [4.69, 9.17) is 0 Å². The Morgan fingerprint density at radius 2 is 1.53 bits per heavy atom. The molecule has 2 heterocycles. The minimum absolute atomic E-state index is 0.000542. The minimum Gasteiger partial charge on any atom is -0.327 e. The molecule has 0 radical (unpaired) electrons. The number of nitrogens with zero attached hydrogens (tertiary/aromatic N) is 2. The van der Waals surface area contributed by atoms with Crippen molar-refractivity contribution in [1.29, 1.82) is 0 Å². The van der Waals surface area contributed by atoms with Gasteiger partial charge in [-0.1, -0.05) is 0 Å². The van der Waals surface area contributed by atoms with Crippen LogP contribution in [0.25, 0.3) is 0 Å². The molecule has 3 rings (SSSR count). The topological polar surface area (TPSA) is 40.6 Å². The van der Waals surface area contributed by atoms with Crippen LogP contribution in [0.5, 0.6) is 0 Å². The SMILES string of the molecule is O=C1CC(c2cc(C(F)(F)F)cc(C(F)(F)F)c2)CN1/C=C/C(=O)N1CC(F)(F)C1. The van der Waals surface area contributed by atoms with Crippen LogP contribution < -0.4 is 0 Å². The second-order valence-corrected chi connectivity index (χ2v) is 7.15. The number of rotatable bonds is 3. The van der Waals surface area contributed by atoms with E-state index >= 15 is 0 Å². The summed E-state index contributed by atoms with van der Waals surface area (Å²) in [5.74, 6) is -5.34. The fourth-order valence-electron chi connectivity index (χ4n) is 3.24. The molecule has 12 heteroatoms. The molecule has 164 valence electrons. The fourth-order valence-corrected chi connectivity index (χ4v) is 3.24. The zero-order chi connectivity index (χ0) is 22.5. The van der Waals surface area contributed by atoms with Gasteiger partial charge in [0.15, 0.2) is 0 Å². The van der Waals surface area contributed by atoms with Crippen molar-refractivity contribution in [2.75, 3.05) is 19.6 Å². The molecule has 2 saturated heterocycles. The van der Waals surface area contributed by atoms with E-state index in [1.807, 2.05) is 0 Å². The van der Waals surface area contributed by atoms with Crippen LogP contribution in [0.2, 0.25) is 0 Å². The van der Waals surface area contributed by atoms with Gasteiger partial charge in [-0.25, -0.2) is 8.78 Å². The van der Waals surface area contributed by atoms with E-state index in [0.717, 1.165) is 22.1 Å². The highest BCUT2D eigenvalue weighted by Crippen LogP contribution is 2.39. The number of carbonyl (C=O) groups is 2. The first-order chi connectivity index (χ1) is 13.7. The van der Waals surface area contributed by atoms with Crippen molar-refractivity contribution in [3.05, 3.63) is 47.2 Å². The smallest absolute Gasteiger partial charge is 0.327 e. The highest BCUT2D eigenvalue weighted by atomic mass is 19.4. The third kappa shape index (κ3) is 4.73. The van der Waals surface area contributed by atoms with Crippen molar-refractivity contribution in [2.24, 2.45) is 0 Å². The van der Waals surface area contributed by atoms with Crippen LogP contribution in [0.1, 0.15) is 29.0 Å². The number of hydrogen-bond acceptors (Lipinski definition) is 2. The largest absolute Gasteiger partial charge is 0.416 e. The van der Waals surface area contributed by atoms with E-state index in [9.17, 15) is 44.7 Å². The van der Waals surface area contributed by atoms with Crippen LogP contribution in [-0.4, -0.2) is 47.2 Å². The van der Waals surface area contributed by atoms with E-state index in [2.05, 4.69) is 0 Å². The van der Waals surface area contributed by atoms with Crippen molar-refractivity contribution in [3.63, 3.8) is 0 Å². The lowest BCUT2D eigenvalue weighted by molar-refractivity contribution is -0.160. The molecule has 0 saturated carbocycles. The van der Waals surface area contributed by atoms with Crippen LogP contribution in [0, 0.1) is 0 Å². The lowest BCUT2D eigenvalue weighted by Crippen LogP contribution is -2.58. The molecular weight excluding hydrogens is 428 g/mol. The van der Waals surface area contributed by atoms with Crippen molar-refractivity contribution in [2.45, 2.75) is 30.6 Å². The summed E-state index contributed by atoms with van der Waals surface area (Å²) in [6.07, 6.45) is -8.52. The number of halogens is 8. The number of alkyl halides is 8. The molecule has 0 aliphatic carbocycles. The third-order valence-corrected chi connectivity index (χ3v) is 4.79. The van der Waals surface area contributed by atoms with Gasteiger partial charge in [0, 0.05) is 31.2 Å². The summed E-state index contributed by atoms with van der Waals surface area (Å²) in [6.45, 7) is -1.79. The van der Waals surface area contributed by atoms with Gasteiger partial charge < -0.3 is 9.80 Å². The van der Waals surface area contributed by atoms with Crippen molar-refractivity contribution in [3.8, 4) is 0 Å². The van der Waals surface area contributed by atoms with Gasteiger partial charge in [0.2, 0.25) is 11.8 Å². The second kappa shape index (κ2) is 7.24. The van der Waals surface area contributed by atoms with E-state index in [-0.39, 0.29) is 24.6 Å². The number of carbonyl (C=O) groups excluding carboxylic acids is 2. The van der Waals surface area contributed by atoms with Gasteiger partial charge in [-0.15, -0.1) is 0 Å². The molecule has 0 aromatic heterocycles. The third-order valence-electron chi connectivity index (χ3n) is 4.79. The molecule has 1 atom stereocenters. The van der Waals surface area contributed by atoms with Crippen molar-refractivity contribution >= 4 is 11.8 Å². The predicted molar refractivity (Wildman–Crippen MR) is 86.2 cm³/mol. The molecule has 2 aliphatic rings. The summed E-state index contributed by atoms with van der Waals surface area (Å²) in [5, 5.41) is 0. The Kier molecular flexibility index (Phi) is 5.32. The molecule has 1 aromatic carbocycles. The van der Waals surface area contributed by atoms with Gasteiger partial charge in [-0.3, -0.25) is 9.59 Å². The summed E-state index contributed by atoms with van der Waals surface area (Å²) in [4.78, 5) is 25.6.